The van der Waals surface area contributed by atoms with Gasteiger partial charge < -0.3 is 4.74 Å². The molecule has 5 heteroatoms. The van der Waals surface area contributed by atoms with Crippen molar-refractivity contribution >= 4 is 5.97 Å². The minimum atomic E-state index is -0.890. The summed E-state index contributed by atoms with van der Waals surface area (Å²) in [5.41, 5.74) is 0.307. The number of hydrogen-bond donors (Lipinski definition) is 0. The van der Waals surface area contributed by atoms with Crippen molar-refractivity contribution in [2.75, 3.05) is 7.11 Å². The lowest BCUT2D eigenvalue weighted by molar-refractivity contribution is 0.0595. The molecule has 0 fully saturated rings. The second kappa shape index (κ2) is 5.14. The van der Waals surface area contributed by atoms with Gasteiger partial charge in [-0.25, -0.2) is 13.6 Å². The zero-order valence-corrected chi connectivity index (χ0v) is 10.4. The highest BCUT2D eigenvalue weighted by Gasteiger charge is 2.19. The standard InChI is InChI=1S/C14H11F2NO2/c1-8-3-4-11(15)10(7-8)13-12(16)9(5-6-17-13)14(18)19-2/h3-7H,1-2H3. The van der Waals surface area contributed by atoms with Crippen LogP contribution in [0.1, 0.15) is 15.9 Å². The molecule has 0 atom stereocenters. The van der Waals surface area contributed by atoms with Crippen LogP contribution in [0, 0.1) is 18.6 Å². The van der Waals surface area contributed by atoms with Gasteiger partial charge in [-0.1, -0.05) is 11.6 Å². The van der Waals surface area contributed by atoms with Crippen LogP contribution < -0.4 is 0 Å². The normalized spacial score (nSPS) is 10.3. The molecule has 1 heterocycles. The summed E-state index contributed by atoms with van der Waals surface area (Å²) in [4.78, 5) is 15.2. The van der Waals surface area contributed by atoms with Gasteiger partial charge in [-0.3, -0.25) is 4.98 Å². The van der Waals surface area contributed by atoms with Crippen molar-refractivity contribution in [2.24, 2.45) is 0 Å². The Balaban J connectivity index is 2.63. The summed E-state index contributed by atoms with van der Waals surface area (Å²) in [6.07, 6.45) is 1.24. The number of carbonyl (C=O) groups is 1. The Morgan fingerprint density at radius 2 is 2.00 bits per heavy atom. The topological polar surface area (TPSA) is 39.2 Å². The van der Waals surface area contributed by atoms with E-state index >= 15 is 0 Å². The van der Waals surface area contributed by atoms with E-state index in [0.717, 1.165) is 12.7 Å². The third-order valence-electron chi connectivity index (χ3n) is 2.67. The van der Waals surface area contributed by atoms with Crippen LogP contribution in [-0.4, -0.2) is 18.1 Å². The number of nitrogens with zero attached hydrogens (tertiary/aromatic N) is 1. The van der Waals surface area contributed by atoms with E-state index in [0.29, 0.717) is 0 Å². The van der Waals surface area contributed by atoms with E-state index in [1.165, 1.54) is 24.4 Å². The molecule has 0 saturated carbocycles. The van der Waals surface area contributed by atoms with Gasteiger partial charge in [0, 0.05) is 11.8 Å². The number of benzene rings is 1. The van der Waals surface area contributed by atoms with Gasteiger partial charge in [-0.15, -0.1) is 0 Å². The van der Waals surface area contributed by atoms with Crippen molar-refractivity contribution in [2.45, 2.75) is 6.92 Å². The Kier molecular flexibility index (Phi) is 3.55. The van der Waals surface area contributed by atoms with Crippen LogP contribution >= 0.6 is 0 Å². The first-order valence-corrected chi connectivity index (χ1v) is 5.54. The van der Waals surface area contributed by atoms with E-state index in [1.54, 1.807) is 13.0 Å². The van der Waals surface area contributed by atoms with E-state index in [4.69, 9.17) is 0 Å². The van der Waals surface area contributed by atoms with Gasteiger partial charge >= 0.3 is 5.97 Å². The molecule has 0 aliphatic carbocycles. The number of pyridine rings is 1. The van der Waals surface area contributed by atoms with Crippen LogP contribution in [-0.2, 0) is 4.74 Å². The molecule has 2 aromatic rings. The van der Waals surface area contributed by atoms with Crippen LogP contribution in [0.3, 0.4) is 0 Å². The lowest BCUT2D eigenvalue weighted by Crippen LogP contribution is -2.07. The first kappa shape index (κ1) is 13.1. The molecular formula is C14H11F2NO2. The van der Waals surface area contributed by atoms with Crippen LogP contribution in [0.2, 0.25) is 0 Å². The summed E-state index contributed by atoms with van der Waals surface area (Å²) in [5.74, 6) is -2.31. The van der Waals surface area contributed by atoms with Crippen molar-refractivity contribution in [1.82, 2.24) is 4.98 Å². The second-order valence-corrected chi connectivity index (χ2v) is 4.00. The Morgan fingerprint density at radius 1 is 1.26 bits per heavy atom. The highest BCUT2D eigenvalue weighted by Crippen LogP contribution is 2.26. The van der Waals surface area contributed by atoms with E-state index in [-0.39, 0.29) is 16.8 Å². The Labute approximate surface area is 108 Å². The van der Waals surface area contributed by atoms with Gasteiger partial charge in [0.1, 0.15) is 11.5 Å². The molecule has 19 heavy (non-hydrogen) atoms. The van der Waals surface area contributed by atoms with E-state index in [2.05, 4.69) is 9.72 Å². The van der Waals surface area contributed by atoms with Gasteiger partial charge in [0.15, 0.2) is 5.82 Å². The summed E-state index contributed by atoms with van der Waals surface area (Å²) in [6, 6.07) is 5.47. The van der Waals surface area contributed by atoms with Gasteiger partial charge in [-0.05, 0) is 25.1 Å². The minimum Gasteiger partial charge on any atom is -0.465 e. The van der Waals surface area contributed by atoms with Crippen molar-refractivity contribution < 1.29 is 18.3 Å². The van der Waals surface area contributed by atoms with E-state index in [1.807, 2.05) is 0 Å². The highest BCUT2D eigenvalue weighted by atomic mass is 19.1. The quantitative estimate of drug-likeness (QED) is 0.781. The van der Waals surface area contributed by atoms with Gasteiger partial charge in [0.2, 0.25) is 0 Å². The van der Waals surface area contributed by atoms with Crippen molar-refractivity contribution in [3.8, 4) is 11.3 Å². The number of aromatic nitrogens is 1. The SMILES string of the molecule is COC(=O)c1ccnc(-c2cc(C)ccc2F)c1F. The summed E-state index contributed by atoms with van der Waals surface area (Å²) < 4.78 is 32.4. The van der Waals surface area contributed by atoms with Crippen molar-refractivity contribution in [1.29, 1.82) is 0 Å². The Morgan fingerprint density at radius 3 is 2.68 bits per heavy atom. The summed E-state index contributed by atoms with van der Waals surface area (Å²) in [7, 11) is 1.15. The second-order valence-electron chi connectivity index (χ2n) is 4.00. The zero-order valence-electron chi connectivity index (χ0n) is 10.4. The molecule has 1 aromatic carbocycles. The number of carbonyl (C=O) groups excluding carboxylic acids is 1. The molecule has 0 unspecified atom stereocenters. The van der Waals surface area contributed by atoms with Crippen molar-refractivity contribution in [3.63, 3.8) is 0 Å². The number of ether oxygens (including phenoxy) is 1. The lowest BCUT2D eigenvalue weighted by Gasteiger charge is -2.08. The molecule has 0 saturated heterocycles. The minimum absolute atomic E-state index is 0.0169. The fraction of sp³-hybridized carbons (Fsp3) is 0.143. The predicted octanol–water partition coefficient (Wildman–Crippen LogP) is 3.12. The largest absolute Gasteiger partial charge is 0.465 e. The maximum absolute atomic E-state index is 14.2. The fourth-order valence-electron chi connectivity index (χ4n) is 1.72. The summed E-state index contributed by atoms with van der Waals surface area (Å²) in [5, 5.41) is 0. The highest BCUT2D eigenvalue weighted by molar-refractivity contribution is 5.90. The smallest absolute Gasteiger partial charge is 0.340 e. The average molecular weight is 263 g/mol. The van der Waals surface area contributed by atoms with Gasteiger partial charge in [0.25, 0.3) is 0 Å². The Bertz CT molecular complexity index is 641. The third kappa shape index (κ3) is 2.45. The molecule has 2 rings (SSSR count). The monoisotopic (exact) mass is 263 g/mol. The molecule has 98 valence electrons. The first-order valence-electron chi connectivity index (χ1n) is 5.54. The van der Waals surface area contributed by atoms with Crippen LogP contribution in [0.15, 0.2) is 30.5 Å². The first-order chi connectivity index (χ1) is 9.04. The number of halogens is 2. The molecular weight excluding hydrogens is 252 g/mol. The molecule has 0 N–H and O–H groups in total. The van der Waals surface area contributed by atoms with Crippen molar-refractivity contribution in [3.05, 3.63) is 53.2 Å². The number of esters is 1. The van der Waals surface area contributed by atoms with Gasteiger partial charge in [-0.2, -0.15) is 0 Å². The molecule has 0 radical (unpaired) electrons. The van der Waals surface area contributed by atoms with E-state index in [9.17, 15) is 13.6 Å². The molecule has 3 nitrogen and oxygen atoms in total. The number of rotatable bonds is 2. The number of methoxy groups -OCH3 is 1. The maximum atomic E-state index is 14.2. The fourth-order valence-corrected chi connectivity index (χ4v) is 1.72. The summed E-state index contributed by atoms with van der Waals surface area (Å²) >= 11 is 0. The predicted molar refractivity (Wildman–Crippen MR) is 65.7 cm³/mol. The molecule has 0 aliphatic heterocycles. The van der Waals surface area contributed by atoms with Gasteiger partial charge in [0.05, 0.1) is 12.7 Å². The molecule has 0 spiro atoms. The molecule has 0 bridgehead atoms. The maximum Gasteiger partial charge on any atom is 0.340 e. The van der Waals surface area contributed by atoms with Crippen LogP contribution in [0.5, 0.6) is 0 Å². The number of aryl methyl sites for hydroxylation is 1. The van der Waals surface area contributed by atoms with Crippen LogP contribution in [0.25, 0.3) is 11.3 Å². The van der Waals surface area contributed by atoms with Crippen LogP contribution in [0.4, 0.5) is 8.78 Å². The summed E-state index contributed by atoms with van der Waals surface area (Å²) in [6.45, 7) is 1.75. The lowest BCUT2D eigenvalue weighted by atomic mass is 10.1. The van der Waals surface area contributed by atoms with E-state index < -0.39 is 17.6 Å². The zero-order chi connectivity index (χ0) is 14.0. The Hall–Kier alpha value is -2.30. The molecule has 1 aromatic heterocycles. The number of hydrogen-bond acceptors (Lipinski definition) is 3. The third-order valence-corrected chi connectivity index (χ3v) is 2.67. The average Bonchev–Trinajstić information content (AvgIpc) is 2.41. The molecule has 0 aliphatic rings. The molecule has 0 amide bonds.